The second-order valence-electron chi connectivity index (χ2n) is 2.98. The van der Waals surface area contributed by atoms with Crippen molar-refractivity contribution in [2.45, 2.75) is 19.0 Å². The molecule has 2 aromatic heterocycles. The van der Waals surface area contributed by atoms with Gasteiger partial charge in [-0.1, -0.05) is 11.8 Å². The maximum atomic E-state index is 4.46. The molecule has 4 heteroatoms. The number of fused-ring (bicyclic) bond motifs is 1. The molecule has 3 nitrogen and oxygen atoms in total. The van der Waals surface area contributed by atoms with Gasteiger partial charge in [0.1, 0.15) is 0 Å². The Morgan fingerprint density at radius 1 is 1.38 bits per heavy atom. The van der Waals surface area contributed by atoms with Crippen molar-refractivity contribution in [3.05, 3.63) is 17.5 Å². The molecule has 1 N–H and O–H groups in total. The summed E-state index contributed by atoms with van der Waals surface area (Å²) in [6.45, 7) is 4.05. The van der Waals surface area contributed by atoms with Crippen molar-refractivity contribution in [1.82, 2.24) is 15.0 Å². The van der Waals surface area contributed by atoms with Gasteiger partial charge >= 0.3 is 0 Å². The molecular weight excluding hydrogens is 182 g/mol. The molecule has 0 bridgehead atoms. The minimum atomic E-state index is 0.950. The Morgan fingerprint density at radius 3 is 2.85 bits per heavy atom. The van der Waals surface area contributed by atoms with Crippen LogP contribution in [-0.2, 0) is 0 Å². The Kier molecular flexibility index (Phi) is 2.00. The smallest absolute Gasteiger partial charge is 0.166 e. The van der Waals surface area contributed by atoms with Crippen molar-refractivity contribution < 1.29 is 0 Å². The highest BCUT2D eigenvalue weighted by molar-refractivity contribution is 7.98. The normalized spacial score (nSPS) is 11.0. The second kappa shape index (κ2) is 3.03. The van der Waals surface area contributed by atoms with E-state index < -0.39 is 0 Å². The molecule has 2 heterocycles. The van der Waals surface area contributed by atoms with Crippen LogP contribution < -0.4 is 0 Å². The van der Waals surface area contributed by atoms with Crippen LogP contribution in [0.4, 0.5) is 0 Å². The predicted octanol–water partition coefficient (Wildman–Crippen LogP) is 2.30. The van der Waals surface area contributed by atoms with E-state index in [1.54, 1.807) is 11.8 Å². The first-order chi connectivity index (χ1) is 6.22. The van der Waals surface area contributed by atoms with E-state index in [-0.39, 0.29) is 0 Å². The van der Waals surface area contributed by atoms with Crippen molar-refractivity contribution in [3.8, 4) is 0 Å². The predicted molar refractivity (Wildman–Crippen MR) is 55.1 cm³/mol. The summed E-state index contributed by atoms with van der Waals surface area (Å²) in [6.07, 6.45) is 3.84. The van der Waals surface area contributed by atoms with E-state index in [1.807, 2.05) is 19.4 Å². The van der Waals surface area contributed by atoms with Crippen molar-refractivity contribution >= 4 is 22.8 Å². The minimum absolute atomic E-state index is 0.950. The fourth-order valence-corrected chi connectivity index (χ4v) is 1.66. The number of pyridine rings is 1. The molecule has 0 aromatic carbocycles. The number of thioether (sulfide) groups is 1. The average Bonchev–Trinajstić information content (AvgIpc) is 2.55. The maximum Gasteiger partial charge on any atom is 0.166 e. The third-order valence-corrected chi connectivity index (χ3v) is 2.77. The van der Waals surface area contributed by atoms with Crippen LogP contribution in [-0.4, -0.2) is 21.2 Å². The summed E-state index contributed by atoms with van der Waals surface area (Å²) in [4.78, 5) is 11.9. The first-order valence-corrected chi connectivity index (χ1v) is 5.30. The highest BCUT2D eigenvalue weighted by Gasteiger charge is 2.06. The molecule has 0 aliphatic carbocycles. The molecule has 2 rings (SSSR count). The molecule has 0 aliphatic heterocycles. The molecule has 0 spiro atoms. The SMILES string of the molecule is CSc1nc2c(C)c(C)ncc2[nH]1. The molecule has 0 saturated carbocycles. The van der Waals surface area contributed by atoms with Crippen LogP contribution in [0.25, 0.3) is 11.0 Å². The van der Waals surface area contributed by atoms with Gasteiger partial charge < -0.3 is 4.98 Å². The maximum absolute atomic E-state index is 4.46. The van der Waals surface area contributed by atoms with Gasteiger partial charge in [0.2, 0.25) is 0 Å². The van der Waals surface area contributed by atoms with E-state index in [0.717, 1.165) is 27.4 Å². The summed E-state index contributed by atoms with van der Waals surface area (Å²) in [5, 5.41) is 0.950. The Bertz CT molecular complexity index is 447. The monoisotopic (exact) mass is 193 g/mol. The van der Waals surface area contributed by atoms with Crippen LogP contribution in [0, 0.1) is 13.8 Å². The molecule has 2 aromatic rings. The number of imidazole rings is 1. The number of aryl methyl sites for hydroxylation is 2. The molecular formula is C9H11N3S. The van der Waals surface area contributed by atoms with E-state index in [1.165, 1.54) is 0 Å². The standard InChI is InChI=1S/C9H11N3S/c1-5-6(2)10-4-7-8(5)12-9(11-7)13-3/h4H,1-3H3,(H,11,12). The van der Waals surface area contributed by atoms with E-state index in [2.05, 4.69) is 21.9 Å². The summed E-state index contributed by atoms with van der Waals surface area (Å²) in [7, 11) is 0. The highest BCUT2D eigenvalue weighted by Crippen LogP contribution is 2.20. The third-order valence-electron chi connectivity index (χ3n) is 2.19. The number of hydrogen-bond acceptors (Lipinski definition) is 3. The molecule has 0 amide bonds. The van der Waals surface area contributed by atoms with Crippen molar-refractivity contribution in [2.24, 2.45) is 0 Å². The highest BCUT2D eigenvalue weighted by atomic mass is 32.2. The first kappa shape index (κ1) is 8.56. The van der Waals surface area contributed by atoms with Crippen molar-refractivity contribution in [3.63, 3.8) is 0 Å². The van der Waals surface area contributed by atoms with E-state index in [9.17, 15) is 0 Å². The molecule has 68 valence electrons. The first-order valence-electron chi connectivity index (χ1n) is 4.08. The summed E-state index contributed by atoms with van der Waals surface area (Å²) in [5.74, 6) is 0. The van der Waals surface area contributed by atoms with Crippen LogP contribution in [0.3, 0.4) is 0 Å². The zero-order valence-corrected chi connectivity index (χ0v) is 8.70. The zero-order valence-electron chi connectivity index (χ0n) is 7.88. The van der Waals surface area contributed by atoms with E-state index in [4.69, 9.17) is 0 Å². The fraction of sp³-hybridized carbons (Fsp3) is 0.333. The molecule has 0 unspecified atom stereocenters. The largest absolute Gasteiger partial charge is 0.332 e. The zero-order chi connectivity index (χ0) is 9.42. The summed E-state index contributed by atoms with van der Waals surface area (Å²) >= 11 is 1.61. The van der Waals surface area contributed by atoms with Gasteiger partial charge in [-0.2, -0.15) is 0 Å². The van der Waals surface area contributed by atoms with Gasteiger partial charge in [-0.15, -0.1) is 0 Å². The molecule has 0 saturated heterocycles. The lowest BCUT2D eigenvalue weighted by molar-refractivity contribution is 1.08. The number of aromatic nitrogens is 3. The lowest BCUT2D eigenvalue weighted by atomic mass is 10.2. The van der Waals surface area contributed by atoms with Crippen LogP contribution in [0.15, 0.2) is 11.4 Å². The number of nitrogens with zero attached hydrogens (tertiary/aromatic N) is 2. The van der Waals surface area contributed by atoms with E-state index in [0.29, 0.717) is 0 Å². The van der Waals surface area contributed by atoms with Gasteiger partial charge in [-0.3, -0.25) is 4.98 Å². The molecule has 13 heavy (non-hydrogen) atoms. The van der Waals surface area contributed by atoms with E-state index >= 15 is 0 Å². The summed E-state index contributed by atoms with van der Waals surface area (Å²) in [5.41, 5.74) is 4.27. The van der Waals surface area contributed by atoms with Gasteiger partial charge in [-0.25, -0.2) is 4.98 Å². The average molecular weight is 193 g/mol. The number of hydrogen-bond donors (Lipinski definition) is 1. The van der Waals surface area contributed by atoms with Crippen molar-refractivity contribution in [2.75, 3.05) is 6.26 Å². The van der Waals surface area contributed by atoms with Crippen LogP contribution in [0.5, 0.6) is 0 Å². The molecule has 0 atom stereocenters. The number of nitrogens with one attached hydrogen (secondary N) is 1. The fourth-order valence-electron chi connectivity index (χ4n) is 1.27. The van der Waals surface area contributed by atoms with Gasteiger partial charge in [-0.05, 0) is 25.7 Å². The Morgan fingerprint density at radius 2 is 2.15 bits per heavy atom. The lowest BCUT2D eigenvalue weighted by Gasteiger charge is -1.96. The molecule has 0 fully saturated rings. The van der Waals surface area contributed by atoms with Gasteiger partial charge in [0.05, 0.1) is 17.2 Å². The van der Waals surface area contributed by atoms with Gasteiger partial charge in [0, 0.05) is 5.69 Å². The van der Waals surface area contributed by atoms with Crippen LogP contribution in [0.1, 0.15) is 11.3 Å². The van der Waals surface area contributed by atoms with Gasteiger partial charge in [0.15, 0.2) is 5.16 Å². The van der Waals surface area contributed by atoms with Crippen LogP contribution in [0.2, 0.25) is 0 Å². The third kappa shape index (κ3) is 1.31. The quantitative estimate of drug-likeness (QED) is 0.706. The Hall–Kier alpha value is -1.03. The lowest BCUT2D eigenvalue weighted by Crippen LogP contribution is -1.86. The number of aromatic amines is 1. The van der Waals surface area contributed by atoms with Gasteiger partial charge in [0.25, 0.3) is 0 Å². The number of rotatable bonds is 1. The Balaban J connectivity index is 2.76. The second-order valence-corrected chi connectivity index (χ2v) is 3.77. The van der Waals surface area contributed by atoms with Crippen LogP contribution >= 0.6 is 11.8 Å². The summed E-state index contributed by atoms with van der Waals surface area (Å²) in [6, 6.07) is 0. The Labute approximate surface area is 81.0 Å². The topological polar surface area (TPSA) is 41.6 Å². The minimum Gasteiger partial charge on any atom is -0.332 e. The summed E-state index contributed by atoms with van der Waals surface area (Å²) < 4.78 is 0. The van der Waals surface area contributed by atoms with Crippen molar-refractivity contribution in [1.29, 1.82) is 0 Å². The molecule has 0 aliphatic rings. The number of H-pyrrole nitrogens is 1. The molecule has 0 radical (unpaired) electrons.